The molecule has 0 heterocycles. The second-order valence-corrected chi connectivity index (χ2v) is 5.77. The van der Waals surface area contributed by atoms with Gasteiger partial charge >= 0.3 is 5.97 Å². The van der Waals surface area contributed by atoms with E-state index >= 15 is 0 Å². The Balaban J connectivity index is 2.62. The molecule has 1 aromatic rings. The number of benzene rings is 1. The zero-order chi connectivity index (χ0) is 12.8. The van der Waals surface area contributed by atoms with Crippen LogP contribution in [-0.4, -0.2) is 29.5 Å². The minimum Gasteiger partial charge on any atom is -0.478 e. The first-order valence-electron chi connectivity index (χ1n) is 5.28. The Labute approximate surface area is 114 Å². The summed E-state index contributed by atoms with van der Waals surface area (Å²) in [6.07, 6.45) is 0.206. The van der Waals surface area contributed by atoms with Crippen LogP contribution in [-0.2, 0) is 4.74 Å². The van der Waals surface area contributed by atoms with Gasteiger partial charge in [-0.1, -0.05) is 15.9 Å². The highest BCUT2D eigenvalue weighted by molar-refractivity contribution is 9.10. The van der Waals surface area contributed by atoms with E-state index in [1.165, 1.54) is 11.8 Å². The molecule has 94 valence electrons. The van der Waals surface area contributed by atoms with E-state index in [-0.39, 0.29) is 6.10 Å². The first-order valence-corrected chi connectivity index (χ1v) is 7.06. The first-order chi connectivity index (χ1) is 8.00. The summed E-state index contributed by atoms with van der Waals surface area (Å²) in [6.45, 7) is 4.58. The molecule has 0 amide bonds. The molecule has 0 saturated heterocycles. The molecule has 0 aliphatic carbocycles. The Bertz CT molecular complexity index is 393. The van der Waals surface area contributed by atoms with Gasteiger partial charge in [0.1, 0.15) is 0 Å². The molecule has 1 N–H and O–H groups in total. The molecule has 0 radical (unpaired) electrons. The topological polar surface area (TPSA) is 46.5 Å². The first kappa shape index (κ1) is 14.5. The van der Waals surface area contributed by atoms with E-state index < -0.39 is 5.97 Å². The van der Waals surface area contributed by atoms with Crippen LogP contribution in [0.15, 0.2) is 27.6 Å². The lowest BCUT2D eigenvalue weighted by molar-refractivity contribution is 0.0692. The van der Waals surface area contributed by atoms with Crippen molar-refractivity contribution in [3.63, 3.8) is 0 Å². The maximum absolute atomic E-state index is 11.0. The Hall–Kier alpha value is -0.520. The number of carboxylic acids is 1. The third-order valence-corrected chi connectivity index (χ3v) is 3.48. The van der Waals surface area contributed by atoms with Gasteiger partial charge in [-0.05, 0) is 32.0 Å². The summed E-state index contributed by atoms with van der Waals surface area (Å²) >= 11 is 4.84. The number of carboxylic acid groups (broad SMARTS) is 1. The van der Waals surface area contributed by atoms with Gasteiger partial charge in [-0.15, -0.1) is 11.8 Å². The molecule has 3 nitrogen and oxygen atoms in total. The standard InChI is InChI=1S/C12H15BrO3S/c1-8(2)16-5-6-17-11-7-9(13)3-4-10(11)12(14)15/h3-4,7-8H,5-6H2,1-2H3,(H,14,15). The molecule has 0 unspecified atom stereocenters. The molecule has 0 saturated carbocycles. The van der Waals surface area contributed by atoms with Crippen molar-refractivity contribution in [1.29, 1.82) is 0 Å². The van der Waals surface area contributed by atoms with Gasteiger partial charge in [-0.3, -0.25) is 0 Å². The normalized spacial score (nSPS) is 10.8. The number of hydrogen-bond acceptors (Lipinski definition) is 3. The number of halogens is 1. The van der Waals surface area contributed by atoms with Crippen LogP contribution >= 0.6 is 27.7 Å². The van der Waals surface area contributed by atoms with Crippen LogP contribution in [0.25, 0.3) is 0 Å². The van der Waals surface area contributed by atoms with Gasteiger partial charge in [0.05, 0.1) is 18.3 Å². The average molecular weight is 319 g/mol. The fourth-order valence-electron chi connectivity index (χ4n) is 1.23. The molecular formula is C12H15BrO3S. The number of carbonyl (C=O) groups is 1. The minimum absolute atomic E-state index is 0.206. The lowest BCUT2D eigenvalue weighted by Crippen LogP contribution is -2.06. The lowest BCUT2D eigenvalue weighted by Gasteiger charge is -2.09. The molecule has 0 atom stereocenters. The van der Waals surface area contributed by atoms with Crippen molar-refractivity contribution in [2.75, 3.05) is 12.4 Å². The summed E-state index contributed by atoms with van der Waals surface area (Å²) in [6, 6.07) is 5.17. The molecule has 0 fully saturated rings. The monoisotopic (exact) mass is 318 g/mol. The van der Waals surface area contributed by atoms with Gasteiger partial charge in [-0.2, -0.15) is 0 Å². The maximum atomic E-state index is 11.0. The Kier molecular flexibility index (Phi) is 6.02. The van der Waals surface area contributed by atoms with Gasteiger partial charge < -0.3 is 9.84 Å². The summed E-state index contributed by atoms with van der Waals surface area (Å²) in [5, 5.41) is 9.04. The number of ether oxygens (including phenoxy) is 1. The third-order valence-electron chi connectivity index (χ3n) is 1.97. The van der Waals surface area contributed by atoms with Gasteiger partial charge in [0, 0.05) is 15.1 Å². The van der Waals surface area contributed by atoms with E-state index in [1.807, 2.05) is 19.9 Å². The molecule has 0 aliphatic rings. The van der Waals surface area contributed by atoms with E-state index in [1.54, 1.807) is 12.1 Å². The van der Waals surface area contributed by atoms with Crippen molar-refractivity contribution < 1.29 is 14.6 Å². The van der Waals surface area contributed by atoms with Gasteiger partial charge in [0.15, 0.2) is 0 Å². The molecule has 5 heteroatoms. The second-order valence-electron chi connectivity index (χ2n) is 3.71. The Morgan fingerprint density at radius 1 is 1.53 bits per heavy atom. The highest BCUT2D eigenvalue weighted by atomic mass is 79.9. The van der Waals surface area contributed by atoms with Crippen molar-refractivity contribution in [1.82, 2.24) is 0 Å². The quantitative estimate of drug-likeness (QED) is 0.642. The summed E-state index contributed by atoms with van der Waals surface area (Å²) < 4.78 is 6.30. The van der Waals surface area contributed by atoms with Gasteiger partial charge in [-0.25, -0.2) is 4.79 Å². The fourth-order valence-corrected chi connectivity index (χ4v) is 2.66. The van der Waals surface area contributed by atoms with E-state index in [0.717, 1.165) is 15.1 Å². The lowest BCUT2D eigenvalue weighted by atomic mass is 10.2. The molecule has 17 heavy (non-hydrogen) atoms. The molecule has 0 aliphatic heterocycles. The molecule has 0 bridgehead atoms. The van der Waals surface area contributed by atoms with E-state index in [0.29, 0.717) is 12.2 Å². The Morgan fingerprint density at radius 3 is 2.82 bits per heavy atom. The Morgan fingerprint density at radius 2 is 2.24 bits per heavy atom. The predicted octanol–water partition coefficient (Wildman–Crippen LogP) is 3.66. The van der Waals surface area contributed by atoms with Crippen molar-refractivity contribution in [2.45, 2.75) is 24.8 Å². The SMILES string of the molecule is CC(C)OCCSc1cc(Br)ccc1C(=O)O. The minimum atomic E-state index is -0.898. The number of thioether (sulfide) groups is 1. The van der Waals surface area contributed by atoms with Gasteiger partial charge in [0.2, 0.25) is 0 Å². The van der Waals surface area contributed by atoms with E-state index in [2.05, 4.69) is 15.9 Å². The summed E-state index contributed by atoms with van der Waals surface area (Å²) in [4.78, 5) is 11.8. The number of aromatic carboxylic acids is 1. The largest absolute Gasteiger partial charge is 0.478 e. The number of rotatable bonds is 6. The zero-order valence-electron chi connectivity index (χ0n) is 9.77. The summed E-state index contributed by atoms with van der Waals surface area (Å²) in [7, 11) is 0. The van der Waals surface area contributed by atoms with Crippen LogP contribution in [0.5, 0.6) is 0 Å². The van der Waals surface area contributed by atoms with Crippen molar-refractivity contribution in [2.24, 2.45) is 0 Å². The van der Waals surface area contributed by atoms with Crippen LogP contribution in [0.2, 0.25) is 0 Å². The van der Waals surface area contributed by atoms with Crippen LogP contribution in [0.3, 0.4) is 0 Å². The van der Waals surface area contributed by atoms with Crippen LogP contribution in [0, 0.1) is 0 Å². The summed E-state index contributed by atoms with van der Waals surface area (Å²) in [5.74, 6) is -0.153. The highest BCUT2D eigenvalue weighted by Crippen LogP contribution is 2.26. The van der Waals surface area contributed by atoms with Crippen molar-refractivity contribution in [3.8, 4) is 0 Å². The average Bonchev–Trinajstić information content (AvgIpc) is 2.23. The smallest absolute Gasteiger partial charge is 0.336 e. The fraction of sp³-hybridized carbons (Fsp3) is 0.417. The number of hydrogen-bond donors (Lipinski definition) is 1. The van der Waals surface area contributed by atoms with E-state index in [4.69, 9.17) is 9.84 Å². The van der Waals surface area contributed by atoms with Crippen LogP contribution in [0.4, 0.5) is 0 Å². The molecule has 0 spiro atoms. The van der Waals surface area contributed by atoms with Crippen molar-refractivity contribution >= 4 is 33.7 Å². The molecule has 1 rings (SSSR count). The van der Waals surface area contributed by atoms with Crippen molar-refractivity contribution in [3.05, 3.63) is 28.2 Å². The highest BCUT2D eigenvalue weighted by Gasteiger charge is 2.10. The van der Waals surface area contributed by atoms with Crippen LogP contribution < -0.4 is 0 Å². The molecular weight excluding hydrogens is 304 g/mol. The van der Waals surface area contributed by atoms with Crippen LogP contribution in [0.1, 0.15) is 24.2 Å². The molecule has 0 aromatic heterocycles. The van der Waals surface area contributed by atoms with Gasteiger partial charge in [0.25, 0.3) is 0 Å². The molecule has 1 aromatic carbocycles. The second kappa shape index (κ2) is 7.03. The zero-order valence-corrected chi connectivity index (χ0v) is 12.2. The third kappa shape index (κ3) is 5.10. The van der Waals surface area contributed by atoms with E-state index in [9.17, 15) is 4.79 Å². The predicted molar refractivity (Wildman–Crippen MR) is 72.9 cm³/mol. The maximum Gasteiger partial charge on any atom is 0.336 e. The summed E-state index contributed by atoms with van der Waals surface area (Å²) in [5.41, 5.74) is 0.336.